The number of hydrogen-bond acceptors (Lipinski definition) is 3. The number of unbranched alkanes of at least 4 members (excludes halogenated alkanes) is 1. The van der Waals surface area contributed by atoms with Crippen molar-refractivity contribution in [3.05, 3.63) is 60.2 Å². The maximum atomic E-state index is 10.2. The van der Waals surface area contributed by atoms with Crippen LogP contribution in [0.4, 0.5) is 0 Å². The number of benzene rings is 2. The highest BCUT2D eigenvalue weighted by atomic mass is 16.5. The van der Waals surface area contributed by atoms with Gasteiger partial charge in [-0.25, -0.2) is 0 Å². The predicted octanol–water partition coefficient (Wildman–Crippen LogP) is 3.62. The van der Waals surface area contributed by atoms with E-state index in [1.165, 1.54) is 0 Å². The number of carbonyl (C=O) groups excluding carboxylic acids is 1. The van der Waals surface area contributed by atoms with Crippen LogP contribution in [0.25, 0.3) is 0 Å². The third-order valence-electron chi connectivity index (χ3n) is 2.79. The summed E-state index contributed by atoms with van der Waals surface area (Å²) in [7, 11) is 0. The summed E-state index contributed by atoms with van der Waals surface area (Å²) in [5.74, 6) is 1.54. The van der Waals surface area contributed by atoms with E-state index < -0.39 is 0 Å². The van der Waals surface area contributed by atoms with Gasteiger partial charge in [0.05, 0.1) is 6.61 Å². The molecular weight excluding hydrogens is 252 g/mol. The fourth-order valence-electron chi connectivity index (χ4n) is 1.75. The molecule has 0 fully saturated rings. The van der Waals surface area contributed by atoms with Crippen LogP contribution in [0.1, 0.15) is 18.4 Å². The van der Waals surface area contributed by atoms with Gasteiger partial charge in [-0.1, -0.05) is 36.4 Å². The van der Waals surface area contributed by atoms with Crippen LogP contribution in [0, 0.1) is 0 Å². The van der Waals surface area contributed by atoms with E-state index in [9.17, 15) is 4.79 Å². The van der Waals surface area contributed by atoms with E-state index in [2.05, 4.69) is 0 Å². The van der Waals surface area contributed by atoms with Gasteiger partial charge < -0.3 is 14.3 Å². The number of rotatable bonds is 8. The Labute approximate surface area is 119 Å². The first-order valence-corrected chi connectivity index (χ1v) is 6.72. The molecule has 0 N–H and O–H groups in total. The minimum atomic E-state index is 0.532. The van der Waals surface area contributed by atoms with Crippen molar-refractivity contribution in [3.8, 4) is 11.5 Å². The molecule has 20 heavy (non-hydrogen) atoms. The highest BCUT2D eigenvalue weighted by Gasteiger charge is 1.99. The molecule has 2 rings (SSSR count). The molecule has 0 heterocycles. The van der Waals surface area contributed by atoms with Gasteiger partial charge in [-0.05, 0) is 24.1 Å². The second-order valence-corrected chi connectivity index (χ2v) is 4.41. The van der Waals surface area contributed by atoms with Gasteiger partial charge in [0.1, 0.15) is 24.4 Å². The van der Waals surface area contributed by atoms with Gasteiger partial charge >= 0.3 is 0 Å². The lowest BCUT2D eigenvalue weighted by atomic mass is 10.2. The monoisotopic (exact) mass is 270 g/mol. The van der Waals surface area contributed by atoms with Gasteiger partial charge in [-0.3, -0.25) is 0 Å². The molecule has 0 aliphatic carbocycles. The number of aldehydes is 1. The molecule has 0 aromatic heterocycles. The molecule has 0 saturated carbocycles. The third kappa shape index (κ3) is 4.76. The average molecular weight is 270 g/mol. The van der Waals surface area contributed by atoms with Crippen molar-refractivity contribution in [2.45, 2.75) is 19.4 Å². The average Bonchev–Trinajstić information content (AvgIpc) is 2.51. The Kier molecular flexibility index (Phi) is 5.65. The zero-order valence-corrected chi connectivity index (χ0v) is 11.3. The molecule has 0 unspecified atom stereocenters. The van der Waals surface area contributed by atoms with E-state index >= 15 is 0 Å². The Morgan fingerprint density at radius 2 is 1.65 bits per heavy atom. The van der Waals surface area contributed by atoms with Crippen molar-refractivity contribution < 1.29 is 14.3 Å². The zero-order chi connectivity index (χ0) is 14.0. The van der Waals surface area contributed by atoms with Crippen LogP contribution in [0.15, 0.2) is 54.6 Å². The van der Waals surface area contributed by atoms with Crippen LogP contribution in [0.5, 0.6) is 11.5 Å². The summed E-state index contributed by atoms with van der Waals surface area (Å²) in [6.07, 6.45) is 2.17. The van der Waals surface area contributed by atoms with Gasteiger partial charge in [0.15, 0.2) is 0 Å². The lowest BCUT2D eigenvalue weighted by Crippen LogP contribution is -1.99. The number of ether oxygens (including phenoxy) is 2. The molecular formula is C17H18O3. The molecule has 2 aromatic carbocycles. The van der Waals surface area contributed by atoms with Crippen molar-refractivity contribution >= 4 is 6.29 Å². The molecule has 0 amide bonds. The van der Waals surface area contributed by atoms with Gasteiger partial charge in [0.2, 0.25) is 0 Å². The van der Waals surface area contributed by atoms with E-state index in [0.717, 1.165) is 29.8 Å². The fraction of sp³-hybridized carbons (Fsp3) is 0.235. The maximum Gasteiger partial charge on any atom is 0.123 e. The standard InChI is InChI=1S/C17H18O3/c18-11-4-5-12-19-16-9-6-10-17(13-16)20-14-15-7-2-1-3-8-15/h1-3,6-11,13H,4-5,12,14H2. The summed E-state index contributed by atoms with van der Waals surface area (Å²) in [5, 5.41) is 0. The molecule has 0 radical (unpaired) electrons. The second-order valence-electron chi connectivity index (χ2n) is 4.41. The van der Waals surface area contributed by atoms with Crippen LogP contribution >= 0.6 is 0 Å². The van der Waals surface area contributed by atoms with Gasteiger partial charge in [-0.2, -0.15) is 0 Å². The fourth-order valence-corrected chi connectivity index (χ4v) is 1.75. The van der Waals surface area contributed by atoms with E-state index in [0.29, 0.717) is 19.6 Å². The molecule has 0 saturated heterocycles. The highest BCUT2D eigenvalue weighted by molar-refractivity contribution is 5.49. The molecule has 104 valence electrons. The summed E-state index contributed by atoms with van der Waals surface area (Å²) in [6, 6.07) is 17.6. The topological polar surface area (TPSA) is 35.5 Å². The Bertz CT molecular complexity index is 523. The zero-order valence-electron chi connectivity index (χ0n) is 11.3. The predicted molar refractivity (Wildman–Crippen MR) is 78.0 cm³/mol. The van der Waals surface area contributed by atoms with E-state index in [1.807, 2.05) is 54.6 Å². The van der Waals surface area contributed by atoms with E-state index in [4.69, 9.17) is 9.47 Å². The molecule has 0 atom stereocenters. The quantitative estimate of drug-likeness (QED) is 0.543. The van der Waals surface area contributed by atoms with E-state index in [1.54, 1.807) is 0 Å². The molecule has 3 heteroatoms. The molecule has 0 aliphatic rings. The molecule has 0 spiro atoms. The largest absolute Gasteiger partial charge is 0.493 e. The maximum absolute atomic E-state index is 10.2. The lowest BCUT2D eigenvalue weighted by molar-refractivity contribution is -0.108. The Morgan fingerprint density at radius 3 is 2.40 bits per heavy atom. The Hall–Kier alpha value is -2.29. The first-order valence-electron chi connectivity index (χ1n) is 6.72. The summed E-state index contributed by atoms with van der Waals surface area (Å²) >= 11 is 0. The first kappa shape index (κ1) is 14.1. The van der Waals surface area contributed by atoms with Crippen LogP contribution in [0.3, 0.4) is 0 Å². The van der Waals surface area contributed by atoms with Gasteiger partial charge in [0.25, 0.3) is 0 Å². The van der Waals surface area contributed by atoms with Crippen LogP contribution < -0.4 is 9.47 Å². The number of hydrogen-bond donors (Lipinski definition) is 0. The van der Waals surface area contributed by atoms with Crippen molar-refractivity contribution in [2.24, 2.45) is 0 Å². The van der Waals surface area contributed by atoms with Crippen LogP contribution in [0.2, 0.25) is 0 Å². The van der Waals surface area contributed by atoms with Crippen LogP contribution in [-0.2, 0) is 11.4 Å². The summed E-state index contributed by atoms with van der Waals surface area (Å²) in [6.45, 7) is 1.08. The second kappa shape index (κ2) is 8.00. The van der Waals surface area contributed by atoms with Crippen molar-refractivity contribution in [1.82, 2.24) is 0 Å². The van der Waals surface area contributed by atoms with Gasteiger partial charge in [-0.15, -0.1) is 0 Å². The molecule has 3 nitrogen and oxygen atoms in total. The molecule has 2 aromatic rings. The lowest BCUT2D eigenvalue weighted by Gasteiger charge is -2.09. The summed E-state index contributed by atoms with van der Waals surface area (Å²) < 4.78 is 11.3. The van der Waals surface area contributed by atoms with Crippen LogP contribution in [-0.4, -0.2) is 12.9 Å². The van der Waals surface area contributed by atoms with Gasteiger partial charge in [0, 0.05) is 12.5 Å². The molecule has 0 bridgehead atoms. The minimum Gasteiger partial charge on any atom is -0.493 e. The Balaban J connectivity index is 1.84. The highest BCUT2D eigenvalue weighted by Crippen LogP contribution is 2.20. The summed E-state index contributed by atoms with van der Waals surface area (Å²) in [4.78, 5) is 10.2. The first-order chi connectivity index (χ1) is 9.88. The minimum absolute atomic E-state index is 0.532. The Morgan fingerprint density at radius 1 is 0.900 bits per heavy atom. The van der Waals surface area contributed by atoms with E-state index in [-0.39, 0.29) is 0 Å². The third-order valence-corrected chi connectivity index (χ3v) is 2.79. The molecule has 0 aliphatic heterocycles. The SMILES string of the molecule is O=CCCCOc1cccc(OCc2ccccc2)c1. The van der Waals surface area contributed by atoms with Crippen molar-refractivity contribution in [3.63, 3.8) is 0 Å². The number of carbonyl (C=O) groups is 1. The summed E-state index contributed by atoms with van der Waals surface area (Å²) in [5.41, 5.74) is 1.13. The smallest absolute Gasteiger partial charge is 0.123 e. The normalized spacial score (nSPS) is 10.0. The van der Waals surface area contributed by atoms with Crippen molar-refractivity contribution in [1.29, 1.82) is 0 Å². The van der Waals surface area contributed by atoms with Crippen molar-refractivity contribution in [2.75, 3.05) is 6.61 Å².